The predicted molar refractivity (Wildman–Crippen MR) is 82.2 cm³/mol. The van der Waals surface area contributed by atoms with Crippen molar-refractivity contribution in [2.45, 2.75) is 39.0 Å². The third kappa shape index (κ3) is 2.53. The lowest BCUT2D eigenvalue weighted by atomic mass is 10.0. The van der Waals surface area contributed by atoms with E-state index in [0.29, 0.717) is 5.92 Å². The monoisotopic (exact) mass is 267 g/mol. The summed E-state index contributed by atoms with van der Waals surface area (Å²) in [5, 5.41) is 3.37. The van der Waals surface area contributed by atoms with Gasteiger partial charge in [0.25, 0.3) is 0 Å². The zero-order valence-electron chi connectivity index (χ0n) is 12.2. The van der Waals surface area contributed by atoms with Crippen molar-refractivity contribution in [3.8, 4) is 0 Å². The number of rotatable bonds is 4. The smallest absolute Gasteiger partial charge is 0.138 e. The molecule has 3 heteroatoms. The first-order valence-corrected chi connectivity index (χ1v) is 7.45. The Balaban J connectivity index is 1.93. The van der Waals surface area contributed by atoms with Crippen molar-refractivity contribution >= 4 is 5.82 Å². The van der Waals surface area contributed by atoms with E-state index in [9.17, 15) is 0 Å². The molecule has 0 saturated heterocycles. The van der Waals surface area contributed by atoms with Gasteiger partial charge >= 0.3 is 0 Å². The molecule has 104 valence electrons. The molecule has 1 atom stereocenters. The van der Waals surface area contributed by atoms with Gasteiger partial charge in [-0.2, -0.15) is 0 Å². The van der Waals surface area contributed by atoms with Gasteiger partial charge in [0.1, 0.15) is 11.6 Å². The molecule has 3 nitrogen and oxygen atoms in total. The van der Waals surface area contributed by atoms with Crippen LogP contribution in [0.3, 0.4) is 0 Å². The minimum absolute atomic E-state index is 0.355. The molecule has 20 heavy (non-hydrogen) atoms. The molecule has 1 unspecified atom stereocenters. The number of anilines is 1. The number of hydrogen-bond acceptors (Lipinski definition) is 3. The van der Waals surface area contributed by atoms with Crippen LogP contribution in [0.5, 0.6) is 0 Å². The molecule has 1 aromatic carbocycles. The molecule has 1 aromatic heterocycles. The lowest BCUT2D eigenvalue weighted by Crippen LogP contribution is -2.09. The average Bonchev–Trinajstić information content (AvgIpc) is 2.88. The normalized spacial score (nSPS) is 17.0. The highest BCUT2D eigenvalue weighted by molar-refractivity contribution is 5.42. The van der Waals surface area contributed by atoms with E-state index in [0.717, 1.165) is 43.1 Å². The van der Waals surface area contributed by atoms with Gasteiger partial charge in [-0.3, -0.25) is 0 Å². The lowest BCUT2D eigenvalue weighted by molar-refractivity contribution is 0.724. The van der Waals surface area contributed by atoms with Crippen LogP contribution in [0.2, 0.25) is 0 Å². The van der Waals surface area contributed by atoms with Gasteiger partial charge in [-0.25, -0.2) is 9.97 Å². The third-order valence-electron chi connectivity index (χ3n) is 3.87. The fourth-order valence-corrected chi connectivity index (χ4v) is 2.92. The summed E-state index contributed by atoms with van der Waals surface area (Å²) < 4.78 is 0. The number of hydrogen-bond donors (Lipinski definition) is 1. The lowest BCUT2D eigenvalue weighted by Gasteiger charge is -2.13. The Bertz CT molecular complexity index is 607. The molecule has 0 aliphatic heterocycles. The molecule has 1 aliphatic carbocycles. The summed E-state index contributed by atoms with van der Waals surface area (Å²) >= 11 is 0. The number of aryl methyl sites for hydroxylation is 2. The van der Waals surface area contributed by atoms with Crippen LogP contribution in [-0.4, -0.2) is 16.5 Å². The zero-order chi connectivity index (χ0) is 13.9. The summed E-state index contributed by atoms with van der Waals surface area (Å²) in [5.74, 6) is 2.28. The molecule has 1 N–H and O–H groups in total. The van der Waals surface area contributed by atoms with Crippen molar-refractivity contribution in [2.75, 3.05) is 11.9 Å². The molecule has 1 heterocycles. The van der Waals surface area contributed by atoms with Crippen molar-refractivity contribution in [3.05, 3.63) is 53.0 Å². The maximum Gasteiger partial charge on any atom is 0.138 e. The van der Waals surface area contributed by atoms with Crippen LogP contribution in [0.15, 0.2) is 30.3 Å². The summed E-state index contributed by atoms with van der Waals surface area (Å²) in [5.41, 5.74) is 3.89. The van der Waals surface area contributed by atoms with Crippen LogP contribution in [0.1, 0.15) is 48.3 Å². The van der Waals surface area contributed by atoms with Gasteiger partial charge < -0.3 is 5.32 Å². The van der Waals surface area contributed by atoms with Crippen LogP contribution in [0, 0.1) is 6.92 Å². The summed E-state index contributed by atoms with van der Waals surface area (Å²) in [6, 6.07) is 10.7. The van der Waals surface area contributed by atoms with Gasteiger partial charge in [0.05, 0.1) is 0 Å². The average molecular weight is 267 g/mol. The molecule has 0 fully saturated rings. The number of nitrogens with one attached hydrogen (secondary N) is 1. The summed E-state index contributed by atoms with van der Waals surface area (Å²) in [6.07, 6.45) is 3.36. The van der Waals surface area contributed by atoms with Crippen LogP contribution in [0.4, 0.5) is 5.82 Å². The summed E-state index contributed by atoms with van der Waals surface area (Å²) in [7, 11) is 0. The van der Waals surface area contributed by atoms with Crippen LogP contribution in [-0.2, 0) is 6.42 Å². The van der Waals surface area contributed by atoms with Gasteiger partial charge in [0, 0.05) is 24.2 Å². The molecule has 0 spiro atoms. The number of nitrogens with zero attached hydrogens (tertiary/aromatic N) is 2. The Hall–Kier alpha value is -1.90. The molecule has 1 aliphatic rings. The van der Waals surface area contributed by atoms with Gasteiger partial charge in [0.2, 0.25) is 0 Å². The Morgan fingerprint density at radius 1 is 1.25 bits per heavy atom. The topological polar surface area (TPSA) is 37.8 Å². The standard InChI is InChI=1S/C17H21N3/c1-3-10-18-16-11-12(2)19-17(20-16)15-9-8-13-6-4-5-7-14(13)15/h4-7,11,15H,3,8-10H2,1-2H3,(H,18,19,20). The molecular weight excluding hydrogens is 246 g/mol. The van der Waals surface area contributed by atoms with E-state index in [1.807, 2.05) is 13.0 Å². The minimum Gasteiger partial charge on any atom is -0.370 e. The molecular formula is C17H21N3. The fourth-order valence-electron chi connectivity index (χ4n) is 2.92. The highest BCUT2D eigenvalue weighted by Gasteiger charge is 2.26. The van der Waals surface area contributed by atoms with Gasteiger partial charge in [-0.15, -0.1) is 0 Å². The summed E-state index contributed by atoms with van der Waals surface area (Å²) in [6.45, 7) is 5.16. The molecule has 0 bridgehead atoms. The Kier molecular flexibility index (Phi) is 3.68. The van der Waals surface area contributed by atoms with E-state index in [4.69, 9.17) is 4.98 Å². The second-order valence-corrected chi connectivity index (χ2v) is 5.47. The highest BCUT2D eigenvalue weighted by Crippen LogP contribution is 2.36. The van der Waals surface area contributed by atoms with Crippen molar-refractivity contribution in [1.82, 2.24) is 9.97 Å². The van der Waals surface area contributed by atoms with Gasteiger partial charge in [-0.05, 0) is 37.3 Å². The van der Waals surface area contributed by atoms with Crippen molar-refractivity contribution in [3.63, 3.8) is 0 Å². The first-order valence-electron chi connectivity index (χ1n) is 7.45. The van der Waals surface area contributed by atoms with Gasteiger partial charge in [-0.1, -0.05) is 31.2 Å². The van der Waals surface area contributed by atoms with Crippen LogP contribution in [0.25, 0.3) is 0 Å². The van der Waals surface area contributed by atoms with Crippen molar-refractivity contribution < 1.29 is 0 Å². The third-order valence-corrected chi connectivity index (χ3v) is 3.87. The molecule has 3 rings (SSSR count). The quantitative estimate of drug-likeness (QED) is 0.918. The van der Waals surface area contributed by atoms with E-state index in [2.05, 4.69) is 41.5 Å². The number of aromatic nitrogens is 2. The molecule has 0 radical (unpaired) electrons. The van der Waals surface area contributed by atoms with Crippen molar-refractivity contribution in [2.24, 2.45) is 0 Å². The van der Waals surface area contributed by atoms with Gasteiger partial charge in [0.15, 0.2) is 0 Å². The zero-order valence-corrected chi connectivity index (χ0v) is 12.2. The first-order chi connectivity index (χ1) is 9.78. The first kappa shape index (κ1) is 13.1. The second kappa shape index (κ2) is 5.61. The Labute approximate surface area is 120 Å². The van der Waals surface area contributed by atoms with E-state index in [1.54, 1.807) is 0 Å². The summed E-state index contributed by atoms with van der Waals surface area (Å²) in [4.78, 5) is 9.40. The van der Waals surface area contributed by atoms with E-state index < -0.39 is 0 Å². The predicted octanol–water partition coefficient (Wildman–Crippen LogP) is 3.69. The van der Waals surface area contributed by atoms with Crippen molar-refractivity contribution in [1.29, 1.82) is 0 Å². The Morgan fingerprint density at radius 2 is 2.10 bits per heavy atom. The maximum absolute atomic E-state index is 4.73. The fraction of sp³-hybridized carbons (Fsp3) is 0.412. The minimum atomic E-state index is 0.355. The molecule has 0 amide bonds. The number of benzene rings is 1. The Morgan fingerprint density at radius 3 is 2.95 bits per heavy atom. The van der Waals surface area contributed by atoms with E-state index in [-0.39, 0.29) is 0 Å². The van der Waals surface area contributed by atoms with Crippen LogP contribution < -0.4 is 5.32 Å². The molecule has 0 saturated carbocycles. The molecule has 2 aromatic rings. The highest BCUT2D eigenvalue weighted by atomic mass is 15.0. The van der Waals surface area contributed by atoms with Crippen LogP contribution >= 0.6 is 0 Å². The second-order valence-electron chi connectivity index (χ2n) is 5.47. The maximum atomic E-state index is 4.73. The van der Waals surface area contributed by atoms with E-state index in [1.165, 1.54) is 11.1 Å². The SMILES string of the molecule is CCCNc1cc(C)nc(C2CCc3ccccc32)n1. The number of fused-ring (bicyclic) bond motifs is 1. The van der Waals surface area contributed by atoms with E-state index >= 15 is 0 Å². The largest absolute Gasteiger partial charge is 0.370 e.